The van der Waals surface area contributed by atoms with E-state index in [0.29, 0.717) is 0 Å². The Labute approximate surface area is 196 Å². The Morgan fingerprint density at radius 2 is 1.55 bits per heavy atom. The fraction of sp³-hybridized carbons (Fsp3) is 0.0400. The van der Waals surface area contributed by atoms with Gasteiger partial charge in [0.05, 0.1) is 28.9 Å². The Morgan fingerprint density at radius 1 is 0.879 bits per heavy atom. The van der Waals surface area contributed by atoms with Gasteiger partial charge in [-0.25, -0.2) is 13.8 Å². The third-order valence-electron chi connectivity index (χ3n) is 4.82. The first kappa shape index (κ1) is 22.4. The minimum Gasteiger partial charge on any atom is -0.267 e. The number of hydrogen-bond acceptors (Lipinski definition) is 5. The molecule has 8 heteroatoms. The standard InChI is InChI=1S/C25H21N3O3S2/c29-25(27-26-18-21-12-9-17-32-21)23-15-7-8-16-24(23)28(19-20-10-3-1-4-11-20)33(30,31)22-13-5-2-6-14-22/h1-18H,19H2,(H,27,29)/b26-18-. The van der Waals surface area contributed by atoms with Crippen molar-refractivity contribution in [3.8, 4) is 0 Å². The van der Waals surface area contributed by atoms with E-state index in [4.69, 9.17) is 0 Å². The third kappa shape index (κ3) is 5.36. The van der Waals surface area contributed by atoms with Crippen molar-refractivity contribution in [2.75, 3.05) is 4.31 Å². The molecule has 1 heterocycles. The maximum Gasteiger partial charge on any atom is 0.273 e. The van der Waals surface area contributed by atoms with Gasteiger partial charge in [0.15, 0.2) is 0 Å². The van der Waals surface area contributed by atoms with Gasteiger partial charge < -0.3 is 0 Å². The van der Waals surface area contributed by atoms with E-state index in [0.717, 1.165) is 10.4 Å². The first-order chi connectivity index (χ1) is 16.1. The van der Waals surface area contributed by atoms with Crippen molar-refractivity contribution in [3.05, 3.63) is 118 Å². The Hall–Kier alpha value is -3.75. The smallest absolute Gasteiger partial charge is 0.267 e. The van der Waals surface area contributed by atoms with Gasteiger partial charge in [0.2, 0.25) is 0 Å². The zero-order valence-electron chi connectivity index (χ0n) is 17.5. The van der Waals surface area contributed by atoms with Gasteiger partial charge in [-0.05, 0) is 41.3 Å². The lowest BCUT2D eigenvalue weighted by Gasteiger charge is -2.26. The molecule has 0 unspecified atom stereocenters. The van der Waals surface area contributed by atoms with Crippen LogP contribution in [-0.2, 0) is 16.6 Å². The maximum atomic E-state index is 13.6. The number of benzene rings is 3. The van der Waals surface area contributed by atoms with Crippen molar-refractivity contribution in [2.24, 2.45) is 5.10 Å². The Morgan fingerprint density at radius 3 is 2.24 bits per heavy atom. The fourth-order valence-corrected chi connectivity index (χ4v) is 5.31. The van der Waals surface area contributed by atoms with Crippen molar-refractivity contribution in [3.63, 3.8) is 0 Å². The molecule has 33 heavy (non-hydrogen) atoms. The number of amides is 1. The van der Waals surface area contributed by atoms with E-state index in [-0.39, 0.29) is 22.7 Å². The number of carbonyl (C=O) groups is 1. The normalized spacial score (nSPS) is 11.4. The highest BCUT2D eigenvalue weighted by Gasteiger charge is 2.28. The largest absolute Gasteiger partial charge is 0.273 e. The Kier molecular flexibility index (Phi) is 6.97. The van der Waals surface area contributed by atoms with Gasteiger partial charge >= 0.3 is 0 Å². The second kappa shape index (κ2) is 10.2. The Balaban J connectivity index is 1.72. The molecule has 0 fully saturated rings. The van der Waals surface area contributed by atoms with E-state index in [1.54, 1.807) is 60.8 Å². The van der Waals surface area contributed by atoms with Gasteiger partial charge in [-0.2, -0.15) is 5.10 Å². The highest BCUT2D eigenvalue weighted by molar-refractivity contribution is 7.92. The minimum absolute atomic E-state index is 0.0703. The monoisotopic (exact) mass is 475 g/mol. The third-order valence-corrected chi connectivity index (χ3v) is 7.40. The van der Waals surface area contributed by atoms with Gasteiger partial charge in [-0.15, -0.1) is 11.3 Å². The average molecular weight is 476 g/mol. The van der Waals surface area contributed by atoms with Crippen LogP contribution < -0.4 is 9.73 Å². The molecular weight excluding hydrogens is 454 g/mol. The zero-order chi connectivity index (χ0) is 23.1. The number of thiophene rings is 1. The number of nitrogens with one attached hydrogen (secondary N) is 1. The first-order valence-electron chi connectivity index (χ1n) is 10.1. The van der Waals surface area contributed by atoms with E-state index in [1.807, 2.05) is 47.8 Å². The number of anilines is 1. The molecule has 3 aromatic carbocycles. The lowest BCUT2D eigenvalue weighted by Crippen LogP contribution is -2.33. The number of hydrogen-bond donors (Lipinski definition) is 1. The molecule has 0 atom stereocenters. The molecule has 1 N–H and O–H groups in total. The second-order valence-corrected chi connectivity index (χ2v) is 9.88. The van der Waals surface area contributed by atoms with E-state index in [2.05, 4.69) is 10.5 Å². The summed E-state index contributed by atoms with van der Waals surface area (Å²) in [6.45, 7) is 0.0703. The summed E-state index contributed by atoms with van der Waals surface area (Å²) in [4.78, 5) is 14.0. The lowest BCUT2D eigenvalue weighted by molar-refractivity contribution is 0.0956. The number of rotatable bonds is 8. The average Bonchev–Trinajstić information content (AvgIpc) is 3.37. The van der Waals surface area contributed by atoms with Crippen LogP contribution in [0.5, 0.6) is 0 Å². The number of carbonyl (C=O) groups excluding carboxylic acids is 1. The molecular formula is C25H21N3O3S2. The van der Waals surface area contributed by atoms with Crippen LogP contribution in [-0.4, -0.2) is 20.5 Å². The summed E-state index contributed by atoms with van der Waals surface area (Å²) < 4.78 is 28.6. The van der Waals surface area contributed by atoms with Crippen molar-refractivity contribution in [1.82, 2.24) is 5.43 Å². The van der Waals surface area contributed by atoms with Crippen LogP contribution in [0.2, 0.25) is 0 Å². The number of sulfonamides is 1. The quantitative estimate of drug-likeness (QED) is 0.291. The van der Waals surface area contributed by atoms with Crippen LogP contribution in [0.25, 0.3) is 0 Å². The molecule has 4 aromatic rings. The molecule has 166 valence electrons. The molecule has 0 radical (unpaired) electrons. The summed E-state index contributed by atoms with van der Waals surface area (Å²) in [5, 5.41) is 5.92. The zero-order valence-corrected chi connectivity index (χ0v) is 19.2. The molecule has 0 bridgehead atoms. The summed E-state index contributed by atoms with van der Waals surface area (Å²) in [7, 11) is -3.95. The van der Waals surface area contributed by atoms with Crippen molar-refractivity contribution in [1.29, 1.82) is 0 Å². The summed E-state index contributed by atoms with van der Waals surface area (Å²) in [5.74, 6) is -0.500. The molecule has 0 aliphatic heterocycles. The van der Waals surface area contributed by atoms with Gasteiger partial charge in [0.25, 0.3) is 15.9 Å². The molecule has 0 aliphatic rings. The van der Waals surface area contributed by atoms with E-state index >= 15 is 0 Å². The van der Waals surface area contributed by atoms with Crippen molar-refractivity contribution < 1.29 is 13.2 Å². The molecule has 1 aromatic heterocycles. The minimum atomic E-state index is -3.95. The van der Waals surface area contributed by atoms with Crippen LogP contribution in [0.1, 0.15) is 20.8 Å². The summed E-state index contributed by atoms with van der Waals surface area (Å²) in [5.41, 5.74) is 3.77. The number of para-hydroxylation sites is 1. The topological polar surface area (TPSA) is 78.8 Å². The van der Waals surface area contributed by atoms with Gasteiger partial charge in [0.1, 0.15) is 0 Å². The van der Waals surface area contributed by atoms with Crippen molar-refractivity contribution in [2.45, 2.75) is 11.4 Å². The highest BCUT2D eigenvalue weighted by Crippen LogP contribution is 2.29. The van der Waals surface area contributed by atoms with Crippen LogP contribution >= 0.6 is 11.3 Å². The van der Waals surface area contributed by atoms with Crippen LogP contribution in [0.3, 0.4) is 0 Å². The van der Waals surface area contributed by atoms with Gasteiger partial charge in [-0.1, -0.05) is 66.7 Å². The second-order valence-electron chi connectivity index (χ2n) is 7.04. The molecule has 6 nitrogen and oxygen atoms in total. The van der Waals surface area contributed by atoms with Gasteiger partial charge in [-0.3, -0.25) is 9.10 Å². The molecule has 4 rings (SSSR count). The van der Waals surface area contributed by atoms with Crippen LogP contribution in [0.4, 0.5) is 5.69 Å². The molecule has 0 aliphatic carbocycles. The SMILES string of the molecule is O=C(N/N=C\c1cccs1)c1ccccc1N(Cc1ccccc1)S(=O)(=O)c1ccccc1. The number of nitrogens with zero attached hydrogens (tertiary/aromatic N) is 2. The highest BCUT2D eigenvalue weighted by atomic mass is 32.2. The maximum absolute atomic E-state index is 13.6. The summed E-state index contributed by atoms with van der Waals surface area (Å²) in [6, 6.07) is 27.8. The Bertz CT molecular complexity index is 1340. The molecule has 0 spiro atoms. The fourth-order valence-electron chi connectivity index (χ4n) is 3.23. The number of hydrazone groups is 1. The molecule has 0 saturated carbocycles. The van der Waals surface area contributed by atoms with E-state index in [9.17, 15) is 13.2 Å². The molecule has 1 amide bonds. The first-order valence-corrected chi connectivity index (χ1v) is 12.5. The van der Waals surface area contributed by atoms with Crippen molar-refractivity contribution >= 4 is 39.2 Å². The van der Waals surface area contributed by atoms with E-state index in [1.165, 1.54) is 15.6 Å². The summed E-state index contributed by atoms with van der Waals surface area (Å²) >= 11 is 1.49. The van der Waals surface area contributed by atoms with E-state index < -0.39 is 15.9 Å². The lowest BCUT2D eigenvalue weighted by atomic mass is 10.1. The summed E-state index contributed by atoms with van der Waals surface area (Å²) in [6.07, 6.45) is 1.55. The predicted molar refractivity (Wildman–Crippen MR) is 132 cm³/mol. The molecule has 0 saturated heterocycles. The van der Waals surface area contributed by atoms with Crippen LogP contribution in [0, 0.1) is 0 Å². The van der Waals surface area contributed by atoms with Crippen LogP contribution in [0.15, 0.2) is 112 Å². The predicted octanol–water partition coefficient (Wildman–Crippen LogP) is 4.91. The van der Waals surface area contributed by atoms with Gasteiger partial charge in [0, 0.05) is 4.88 Å².